The Morgan fingerprint density at radius 3 is 2.75 bits per heavy atom. The molecule has 0 aliphatic carbocycles. The Bertz CT molecular complexity index is 828. The summed E-state index contributed by atoms with van der Waals surface area (Å²) in [6.45, 7) is 4.37. The molecule has 0 saturated carbocycles. The smallest absolute Gasteiger partial charge is 0.234 e. The molecule has 3 rings (SSSR count). The highest BCUT2D eigenvalue weighted by Gasteiger charge is 2.09. The Hall–Kier alpha value is -2.34. The molecule has 6 heteroatoms. The fourth-order valence-electron chi connectivity index (χ4n) is 2.38. The van der Waals surface area contributed by atoms with Gasteiger partial charge in [-0.15, -0.1) is 10.2 Å². The number of rotatable bonds is 6. The van der Waals surface area contributed by atoms with Crippen LogP contribution in [-0.2, 0) is 4.79 Å². The summed E-state index contributed by atoms with van der Waals surface area (Å²) in [7, 11) is 0. The van der Waals surface area contributed by atoms with Crippen LogP contribution in [0.25, 0.3) is 5.65 Å². The Kier molecular flexibility index (Phi) is 5.15. The molecule has 5 nitrogen and oxygen atoms in total. The molecule has 0 aliphatic rings. The molecular weight excluding hydrogens is 320 g/mol. The van der Waals surface area contributed by atoms with Crippen LogP contribution < -0.4 is 5.32 Å². The lowest BCUT2D eigenvalue weighted by molar-refractivity contribution is -0.113. The van der Waals surface area contributed by atoms with Gasteiger partial charge < -0.3 is 5.32 Å². The second-order valence-corrected chi connectivity index (χ2v) is 6.62. The number of hydrogen-bond donors (Lipinski definition) is 1. The number of fused-ring (bicyclic) bond motifs is 1. The summed E-state index contributed by atoms with van der Waals surface area (Å²) >= 11 is 1.37. The zero-order chi connectivity index (χ0) is 16.9. The van der Waals surface area contributed by atoms with Crippen molar-refractivity contribution in [1.29, 1.82) is 0 Å². The predicted octanol–water partition coefficient (Wildman–Crippen LogP) is 3.97. The summed E-state index contributed by atoms with van der Waals surface area (Å²) < 4.78 is 1.87. The van der Waals surface area contributed by atoms with Crippen LogP contribution in [0.4, 0.5) is 5.69 Å². The number of nitrogens with one attached hydrogen (secondary N) is 1. The Morgan fingerprint density at radius 1 is 1.21 bits per heavy atom. The molecule has 1 amide bonds. The van der Waals surface area contributed by atoms with E-state index in [2.05, 4.69) is 41.5 Å². The molecule has 24 heavy (non-hydrogen) atoms. The molecule has 0 unspecified atom stereocenters. The van der Waals surface area contributed by atoms with Gasteiger partial charge in [0.25, 0.3) is 0 Å². The minimum Gasteiger partial charge on any atom is -0.325 e. The minimum atomic E-state index is -0.0519. The molecular formula is C18H20N4OS. The van der Waals surface area contributed by atoms with Gasteiger partial charge in [-0.3, -0.25) is 9.20 Å². The van der Waals surface area contributed by atoms with E-state index in [1.54, 1.807) is 0 Å². The van der Waals surface area contributed by atoms with E-state index in [9.17, 15) is 4.79 Å². The summed E-state index contributed by atoms with van der Waals surface area (Å²) in [6, 6.07) is 13.8. The lowest BCUT2D eigenvalue weighted by atomic mass is 9.99. The Morgan fingerprint density at radius 2 is 2.00 bits per heavy atom. The number of anilines is 1. The quantitative estimate of drug-likeness (QED) is 0.690. The van der Waals surface area contributed by atoms with Crippen molar-refractivity contribution in [3.63, 3.8) is 0 Å². The number of carbonyl (C=O) groups excluding carboxylic acids is 1. The lowest BCUT2D eigenvalue weighted by Gasteiger charge is -2.10. The van der Waals surface area contributed by atoms with Gasteiger partial charge in [0.2, 0.25) is 5.91 Å². The standard InChI is InChI=1S/C18H20N4OS/c1-3-13(2)14-7-9-15(10-8-14)19-17(23)12-24-18-21-20-16-6-4-5-11-22(16)18/h4-11,13H,3,12H2,1-2H3,(H,19,23)/t13-/m0/s1. The van der Waals surface area contributed by atoms with E-state index < -0.39 is 0 Å². The van der Waals surface area contributed by atoms with E-state index in [4.69, 9.17) is 0 Å². The molecule has 0 fully saturated rings. The monoisotopic (exact) mass is 340 g/mol. The molecule has 0 radical (unpaired) electrons. The van der Waals surface area contributed by atoms with E-state index in [1.807, 2.05) is 40.9 Å². The number of nitrogens with zero attached hydrogens (tertiary/aromatic N) is 3. The molecule has 0 saturated heterocycles. The van der Waals surface area contributed by atoms with Crippen LogP contribution in [0.1, 0.15) is 31.7 Å². The molecule has 3 aromatic rings. The van der Waals surface area contributed by atoms with Crippen molar-refractivity contribution in [2.75, 3.05) is 11.1 Å². The van der Waals surface area contributed by atoms with Gasteiger partial charge >= 0.3 is 0 Å². The third-order valence-electron chi connectivity index (χ3n) is 3.99. The molecule has 124 valence electrons. The topological polar surface area (TPSA) is 59.3 Å². The number of benzene rings is 1. The van der Waals surface area contributed by atoms with Gasteiger partial charge in [0.1, 0.15) is 0 Å². The van der Waals surface area contributed by atoms with Crippen molar-refractivity contribution in [1.82, 2.24) is 14.6 Å². The van der Waals surface area contributed by atoms with Crippen LogP contribution >= 0.6 is 11.8 Å². The molecule has 2 heterocycles. The number of aromatic nitrogens is 3. The van der Waals surface area contributed by atoms with Gasteiger partial charge in [-0.25, -0.2) is 0 Å². The number of thioether (sulfide) groups is 1. The molecule has 2 aromatic heterocycles. The fraction of sp³-hybridized carbons (Fsp3) is 0.278. The first-order chi connectivity index (χ1) is 11.7. The number of carbonyl (C=O) groups is 1. The Labute approximate surface area is 145 Å². The molecule has 0 spiro atoms. The number of amides is 1. The fourth-order valence-corrected chi connectivity index (χ4v) is 3.10. The molecule has 0 aliphatic heterocycles. The summed E-state index contributed by atoms with van der Waals surface area (Å²) in [5, 5.41) is 11.8. The number of pyridine rings is 1. The van der Waals surface area contributed by atoms with Crippen molar-refractivity contribution in [3.8, 4) is 0 Å². The van der Waals surface area contributed by atoms with Crippen molar-refractivity contribution < 1.29 is 4.79 Å². The third kappa shape index (κ3) is 3.76. The Balaban J connectivity index is 1.57. The van der Waals surface area contributed by atoms with Crippen LogP contribution in [0.5, 0.6) is 0 Å². The van der Waals surface area contributed by atoms with E-state index in [0.717, 1.165) is 17.8 Å². The second-order valence-electron chi connectivity index (χ2n) is 5.68. The summed E-state index contributed by atoms with van der Waals surface area (Å²) in [4.78, 5) is 12.1. The van der Waals surface area contributed by atoms with Crippen LogP contribution in [-0.4, -0.2) is 26.3 Å². The number of hydrogen-bond acceptors (Lipinski definition) is 4. The predicted molar refractivity (Wildman–Crippen MR) is 97.5 cm³/mol. The van der Waals surface area contributed by atoms with Gasteiger partial charge in [-0.05, 0) is 42.2 Å². The molecule has 1 N–H and O–H groups in total. The zero-order valence-corrected chi connectivity index (χ0v) is 14.6. The summed E-state index contributed by atoms with van der Waals surface area (Å²) in [6.07, 6.45) is 3.00. The maximum atomic E-state index is 12.1. The van der Waals surface area contributed by atoms with Crippen molar-refractivity contribution in [2.24, 2.45) is 0 Å². The normalized spacial score (nSPS) is 12.2. The van der Waals surface area contributed by atoms with E-state index >= 15 is 0 Å². The van der Waals surface area contributed by atoms with Crippen molar-refractivity contribution >= 4 is 29.0 Å². The maximum absolute atomic E-state index is 12.1. The van der Waals surface area contributed by atoms with Gasteiger partial charge in [0.15, 0.2) is 10.8 Å². The van der Waals surface area contributed by atoms with Gasteiger partial charge in [-0.1, -0.05) is 43.8 Å². The highest BCUT2D eigenvalue weighted by atomic mass is 32.2. The lowest BCUT2D eigenvalue weighted by Crippen LogP contribution is -2.14. The van der Waals surface area contributed by atoms with E-state index in [0.29, 0.717) is 16.8 Å². The van der Waals surface area contributed by atoms with E-state index in [1.165, 1.54) is 17.3 Å². The maximum Gasteiger partial charge on any atom is 0.234 e. The van der Waals surface area contributed by atoms with Gasteiger partial charge in [0, 0.05) is 11.9 Å². The molecule has 0 bridgehead atoms. The van der Waals surface area contributed by atoms with Crippen LogP contribution in [0.15, 0.2) is 53.8 Å². The van der Waals surface area contributed by atoms with Gasteiger partial charge in [-0.2, -0.15) is 0 Å². The van der Waals surface area contributed by atoms with Crippen LogP contribution in [0.3, 0.4) is 0 Å². The highest BCUT2D eigenvalue weighted by molar-refractivity contribution is 7.99. The van der Waals surface area contributed by atoms with Crippen LogP contribution in [0, 0.1) is 0 Å². The van der Waals surface area contributed by atoms with E-state index in [-0.39, 0.29) is 5.91 Å². The van der Waals surface area contributed by atoms with Crippen molar-refractivity contribution in [2.45, 2.75) is 31.3 Å². The minimum absolute atomic E-state index is 0.0519. The van der Waals surface area contributed by atoms with Gasteiger partial charge in [0.05, 0.1) is 5.75 Å². The zero-order valence-electron chi connectivity index (χ0n) is 13.8. The molecule has 1 atom stereocenters. The first kappa shape index (κ1) is 16.5. The summed E-state index contributed by atoms with van der Waals surface area (Å²) in [5.41, 5.74) is 2.89. The third-order valence-corrected chi connectivity index (χ3v) is 4.93. The van der Waals surface area contributed by atoms with Crippen molar-refractivity contribution in [3.05, 3.63) is 54.2 Å². The highest BCUT2D eigenvalue weighted by Crippen LogP contribution is 2.21. The average Bonchev–Trinajstić information content (AvgIpc) is 3.03. The largest absolute Gasteiger partial charge is 0.325 e. The second kappa shape index (κ2) is 7.49. The first-order valence-corrected chi connectivity index (χ1v) is 8.98. The molecule has 1 aromatic carbocycles. The first-order valence-electron chi connectivity index (χ1n) is 7.99. The average molecular weight is 340 g/mol. The van der Waals surface area contributed by atoms with Crippen LogP contribution in [0.2, 0.25) is 0 Å². The summed E-state index contributed by atoms with van der Waals surface area (Å²) in [5.74, 6) is 0.776. The SMILES string of the molecule is CC[C@H](C)c1ccc(NC(=O)CSc2nnc3ccccn23)cc1.